The molecular weight excluding hydrogens is 250 g/mol. The summed E-state index contributed by atoms with van der Waals surface area (Å²) in [6.07, 6.45) is 1.24. The Balaban J connectivity index is 2.12. The molecule has 0 aliphatic carbocycles. The van der Waals surface area contributed by atoms with Gasteiger partial charge >= 0.3 is 0 Å². The van der Waals surface area contributed by atoms with E-state index in [0.717, 1.165) is 6.42 Å². The first kappa shape index (κ1) is 13.2. The van der Waals surface area contributed by atoms with Gasteiger partial charge in [-0.1, -0.05) is 18.2 Å². The molecule has 5 heteroatoms. The molecule has 98 valence electrons. The van der Waals surface area contributed by atoms with Gasteiger partial charge in [0.25, 0.3) is 0 Å². The molecular formula is C13H17NO3S. The topological polar surface area (TPSA) is 54.5 Å². The van der Waals surface area contributed by atoms with E-state index in [1.165, 1.54) is 4.31 Å². The molecule has 4 nitrogen and oxygen atoms in total. The zero-order valence-electron chi connectivity index (χ0n) is 10.4. The zero-order valence-corrected chi connectivity index (χ0v) is 11.2. The number of hydrogen-bond acceptors (Lipinski definition) is 3. The molecule has 1 heterocycles. The Hall–Kier alpha value is -1.20. The first-order valence-electron chi connectivity index (χ1n) is 6.05. The fourth-order valence-corrected chi connectivity index (χ4v) is 3.88. The molecule has 2 rings (SSSR count). The van der Waals surface area contributed by atoms with Crippen molar-refractivity contribution in [3.63, 3.8) is 0 Å². The van der Waals surface area contributed by atoms with Gasteiger partial charge in [0.2, 0.25) is 10.0 Å². The first-order valence-corrected chi connectivity index (χ1v) is 7.49. The highest BCUT2D eigenvalue weighted by atomic mass is 32.2. The smallest absolute Gasteiger partial charge is 0.243 e. The maximum atomic E-state index is 12.3. The number of Topliss-reactive ketones (excluding diaryl/α,β-unsaturated/α-hetero) is 1. The Bertz CT molecular complexity index is 524. The summed E-state index contributed by atoms with van der Waals surface area (Å²) in [7, 11) is -3.39. The van der Waals surface area contributed by atoms with E-state index in [4.69, 9.17) is 0 Å². The summed E-state index contributed by atoms with van der Waals surface area (Å²) in [6.45, 7) is 2.51. The highest BCUT2D eigenvalue weighted by molar-refractivity contribution is 7.89. The molecule has 0 saturated carbocycles. The molecule has 1 aromatic carbocycles. The van der Waals surface area contributed by atoms with E-state index in [2.05, 4.69) is 0 Å². The lowest BCUT2D eigenvalue weighted by Crippen LogP contribution is -2.29. The third kappa shape index (κ3) is 2.79. The van der Waals surface area contributed by atoms with Crippen LogP contribution in [-0.4, -0.2) is 31.6 Å². The van der Waals surface area contributed by atoms with Gasteiger partial charge in [-0.15, -0.1) is 0 Å². The number of hydrogen-bond donors (Lipinski definition) is 0. The van der Waals surface area contributed by atoms with Gasteiger partial charge in [-0.2, -0.15) is 4.31 Å². The lowest BCUT2D eigenvalue weighted by molar-refractivity contribution is -0.117. The maximum Gasteiger partial charge on any atom is 0.243 e. The molecule has 1 unspecified atom stereocenters. The molecule has 0 amide bonds. The van der Waals surface area contributed by atoms with Crippen molar-refractivity contribution in [2.75, 3.05) is 13.1 Å². The third-order valence-corrected chi connectivity index (χ3v) is 5.09. The summed E-state index contributed by atoms with van der Waals surface area (Å²) in [5, 5.41) is 0. The van der Waals surface area contributed by atoms with Crippen LogP contribution in [-0.2, 0) is 14.8 Å². The van der Waals surface area contributed by atoms with Crippen LogP contribution >= 0.6 is 0 Å². The molecule has 0 aromatic heterocycles. The van der Waals surface area contributed by atoms with Crippen molar-refractivity contribution in [1.82, 2.24) is 4.31 Å². The van der Waals surface area contributed by atoms with Crippen molar-refractivity contribution in [2.24, 2.45) is 5.92 Å². The Morgan fingerprint density at radius 3 is 2.61 bits per heavy atom. The monoisotopic (exact) mass is 267 g/mol. The minimum atomic E-state index is -3.39. The van der Waals surface area contributed by atoms with Crippen molar-refractivity contribution in [2.45, 2.75) is 24.7 Å². The lowest BCUT2D eigenvalue weighted by atomic mass is 10.0. The van der Waals surface area contributed by atoms with Crippen molar-refractivity contribution in [3.8, 4) is 0 Å². The van der Waals surface area contributed by atoms with E-state index in [-0.39, 0.29) is 11.7 Å². The molecule has 18 heavy (non-hydrogen) atoms. The number of rotatable bonds is 4. The average molecular weight is 267 g/mol. The minimum absolute atomic E-state index is 0.124. The lowest BCUT2D eigenvalue weighted by Gasteiger charge is -2.16. The predicted octanol–water partition coefficient (Wildman–Crippen LogP) is 1.68. The normalized spacial score (nSPS) is 21.1. The van der Waals surface area contributed by atoms with Crippen LogP contribution < -0.4 is 0 Å². The van der Waals surface area contributed by atoms with Gasteiger partial charge < -0.3 is 4.79 Å². The molecule has 1 aromatic rings. The van der Waals surface area contributed by atoms with Crippen LogP contribution in [0.3, 0.4) is 0 Å². The molecule has 0 spiro atoms. The molecule has 1 fully saturated rings. The average Bonchev–Trinajstić information content (AvgIpc) is 2.78. The van der Waals surface area contributed by atoms with Crippen LogP contribution in [0.4, 0.5) is 0 Å². The van der Waals surface area contributed by atoms with Crippen LogP contribution in [0.25, 0.3) is 0 Å². The van der Waals surface area contributed by atoms with Crippen LogP contribution in [0.1, 0.15) is 19.8 Å². The van der Waals surface area contributed by atoms with Gasteiger partial charge in [0, 0.05) is 19.5 Å². The highest BCUT2D eigenvalue weighted by Gasteiger charge is 2.32. The predicted molar refractivity (Wildman–Crippen MR) is 68.6 cm³/mol. The van der Waals surface area contributed by atoms with Crippen LogP contribution in [0, 0.1) is 5.92 Å². The van der Waals surface area contributed by atoms with Crippen molar-refractivity contribution >= 4 is 15.8 Å². The summed E-state index contributed by atoms with van der Waals surface area (Å²) >= 11 is 0. The number of carbonyl (C=O) groups is 1. The van der Waals surface area contributed by atoms with E-state index < -0.39 is 10.0 Å². The maximum absolute atomic E-state index is 12.3. The number of ketones is 1. The number of benzene rings is 1. The van der Waals surface area contributed by atoms with Gasteiger partial charge in [0.05, 0.1) is 4.90 Å². The second-order valence-electron chi connectivity index (χ2n) is 4.74. The molecule has 1 aliphatic heterocycles. The largest absolute Gasteiger partial charge is 0.300 e. The van der Waals surface area contributed by atoms with Crippen molar-refractivity contribution in [1.29, 1.82) is 0 Å². The molecule has 1 aliphatic rings. The minimum Gasteiger partial charge on any atom is -0.300 e. The van der Waals surface area contributed by atoms with E-state index in [9.17, 15) is 13.2 Å². The Kier molecular flexibility index (Phi) is 3.82. The molecule has 0 N–H and O–H groups in total. The van der Waals surface area contributed by atoms with Gasteiger partial charge in [-0.05, 0) is 31.4 Å². The number of nitrogens with zero attached hydrogens (tertiary/aromatic N) is 1. The van der Waals surface area contributed by atoms with Crippen LogP contribution in [0.15, 0.2) is 35.2 Å². The quantitative estimate of drug-likeness (QED) is 0.834. The van der Waals surface area contributed by atoms with Crippen molar-refractivity contribution < 1.29 is 13.2 Å². The second kappa shape index (κ2) is 5.20. The van der Waals surface area contributed by atoms with E-state index >= 15 is 0 Å². The summed E-state index contributed by atoms with van der Waals surface area (Å²) < 4.78 is 26.1. The van der Waals surface area contributed by atoms with Crippen LogP contribution in [0.2, 0.25) is 0 Å². The van der Waals surface area contributed by atoms with E-state index in [1.54, 1.807) is 37.3 Å². The molecule has 1 saturated heterocycles. The molecule has 1 atom stereocenters. The Morgan fingerprint density at radius 2 is 2.00 bits per heavy atom. The van der Waals surface area contributed by atoms with Gasteiger partial charge in [0.15, 0.2) is 0 Å². The third-order valence-electron chi connectivity index (χ3n) is 3.21. The van der Waals surface area contributed by atoms with Gasteiger partial charge in [0.1, 0.15) is 5.78 Å². The fourth-order valence-electron chi connectivity index (χ4n) is 2.33. The van der Waals surface area contributed by atoms with E-state index in [0.29, 0.717) is 24.4 Å². The van der Waals surface area contributed by atoms with Gasteiger partial charge in [-0.3, -0.25) is 0 Å². The van der Waals surface area contributed by atoms with Gasteiger partial charge in [-0.25, -0.2) is 8.42 Å². The number of carbonyl (C=O) groups excluding carboxylic acids is 1. The second-order valence-corrected chi connectivity index (χ2v) is 6.67. The standard InChI is InChI=1S/C13H17NO3S/c1-11(15)9-12-7-8-14(10-12)18(16,17)13-5-3-2-4-6-13/h2-6,12H,7-10H2,1H3. The number of sulfonamides is 1. The summed E-state index contributed by atoms with van der Waals surface area (Å²) in [6, 6.07) is 8.44. The van der Waals surface area contributed by atoms with Crippen molar-refractivity contribution in [3.05, 3.63) is 30.3 Å². The van der Waals surface area contributed by atoms with E-state index in [1.807, 2.05) is 0 Å². The molecule has 0 radical (unpaired) electrons. The highest BCUT2D eigenvalue weighted by Crippen LogP contribution is 2.26. The molecule has 0 bridgehead atoms. The first-order chi connectivity index (χ1) is 8.50. The fraction of sp³-hybridized carbons (Fsp3) is 0.462. The SMILES string of the molecule is CC(=O)CC1CCN(S(=O)(=O)c2ccccc2)C1. The summed E-state index contributed by atoms with van der Waals surface area (Å²) in [5.41, 5.74) is 0. The van der Waals surface area contributed by atoms with Crippen LogP contribution in [0.5, 0.6) is 0 Å². The Morgan fingerprint density at radius 1 is 1.33 bits per heavy atom. The zero-order chi connectivity index (χ0) is 13.2. The summed E-state index contributed by atoms with van der Waals surface area (Å²) in [4.78, 5) is 11.4. The summed E-state index contributed by atoms with van der Waals surface area (Å²) in [5.74, 6) is 0.292. The Labute approximate surface area is 108 Å².